The third-order valence-corrected chi connectivity index (χ3v) is 4.75. The minimum Gasteiger partial charge on any atom is -0.462 e. The van der Waals surface area contributed by atoms with Crippen LogP contribution in [-0.4, -0.2) is 57.1 Å². The molecule has 1 amide bonds. The van der Waals surface area contributed by atoms with Crippen LogP contribution in [0.5, 0.6) is 0 Å². The van der Waals surface area contributed by atoms with Crippen molar-refractivity contribution in [1.29, 1.82) is 0 Å². The first kappa shape index (κ1) is 21.1. The molecule has 27 heavy (non-hydrogen) atoms. The number of benzene rings is 1. The Balaban J connectivity index is 2.06. The molecule has 0 spiro atoms. The lowest BCUT2D eigenvalue weighted by Gasteiger charge is -2.11. The molecule has 0 bridgehead atoms. The maximum atomic E-state index is 12.5. The van der Waals surface area contributed by atoms with E-state index in [1.165, 1.54) is 11.3 Å². The molecule has 6 nitrogen and oxygen atoms in total. The predicted octanol–water partition coefficient (Wildman–Crippen LogP) is 3.07. The number of thiophene rings is 1. The van der Waals surface area contributed by atoms with Gasteiger partial charge in [0.1, 0.15) is 10.6 Å². The summed E-state index contributed by atoms with van der Waals surface area (Å²) in [5.74, 6) is -0.598. The summed E-state index contributed by atoms with van der Waals surface area (Å²) in [6.07, 6.45) is 0.964. The van der Waals surface area contributed by atoms with E-state index in [0.29, 0.717) is 10.6 Å². The van der Waals surface area contributed by atoms with Crippen LogP contribution < -0.4 is 10.6 Å². The van der Waals surface area contributed by atoms with Crippen LogP contribution in [0.4, 0.5) is 5.00 Å². The lowest BCUT2D eigenvalue weighted by molar-refractivity contribution is -0.115. The van der Waals surface area contributed by atoms with E-state index in [9.17, 15) is 9.59 Å². The van der Waals surface area contributed by atoms with E-state index >= 15 is 0 Å². The fraction of sp³-hybridized carbons (Fsp3) is 0.400. The normalized spacial score (nSPS) is 10.8. The number of carbonyl (C=O) groups excluding carboxylic acids is 2. The van der Waals surface area contributed by atoms with Crippen molar-refractivity contribution in [2.75, 3.05) is 45.7 Å². The molecule has 0 radical (unpaired) electrons. The zero-order valence-electron chi connectivity index (χ0n) is 16.1. The average molecular weight is 390 g/mol. The van der Waals surface area contributed by atoms with E-state index < -0.39 is 5.97 Å². The topological polar surface area (TPSA) is 70.7 Å². The molecule has 2 aromatic rings. The number of nitrogens with zero attached hydrogens (tertiary/aromatic N) is 1. The molecule has 0 saturated heterocycles. The van der Waals surface area contributed by atoms with Gasteiger partial charge < -0.3 is 20.3 Å². The second-order valence-corrected chi connectivity index (χ2v) is 7.20. The average Bonchev–Trinajstić information content (AvgIpc) is 3.05. The van der Waals surface area contributed by atoms with E-state index in [1.54, 1.807) is 6.92 Å². The molecule has 0 aliphatic carbocycles. The van der Waals surface area contributed by atoms with Gasteiger partial charge in [-0.25, -0.2) is 4.79 Å². The SMILES string of the molecule is CCOC(=O)c1c(-c2ccccc2)csc1NC(=O)CNCCCN(C)C. The molecule has 1 aromatic carbocycles. The molecule has 0 unspecified atom stereocenters. The van der Waals surface area contributed by atoms with Crippen LogP contribution in [-0.2, 0) is 9.53 Å². The molecule has 7 heteroatoms. The number of anilines is 1. The minimum absolute atomic E-state index is 0.174. The van der Waals surface area contributed by atoms with E-state index in [1.807, 2.05) is 49.8 Å². The Kier molecular flexibility index (Phi) is 8.44. The van der Waals surface area contributed by atoms with Gasteiger partial charge in [-0.15, -0.1) is 11.3 Å². The Morgan fingerprint density at radius 1 is 1.19 bits per heavy atom. The molecule has 1 aromatic heterocycles. The number of esters is 1. The third-order valence-electron chi connectivity index (χ3n) is 3.85. The van der Waals surface area contributed by atoms with Crippen molar-refractivity contribution >= 4 is 28.2 Å². The highest BCUT2D eigenvalue weighted by Crippen LogP contribution is 2.36. The van der Waals surface area contributed by atoms with Crippen molar-refractivity contribution in [3.63, 3.8) is 0 Å². The highest BCUT2D eigenvalue weighted by Gasteiger charge is 2.22. The lowest BCUT2D eigenvalue weighted by atomic mass is 10.0. The monoisotopic (exact) mass is 389 g/mol. The van der Waals surface area contributed by atoms with Crippen LogP contribution in [0, 0.1) is 0 Å². The largest absolute Gasteiger partial charge is 0.462 e. The number of ether oxygens (including phenoxy) is 1. The molecular formula is C20H27N3O3S. The third kappa shape index (κ3) is 6.46. The Morgan fingerprint density at radius 3 is 2.59 bits per heavy atom. The van der Waals surface area contributed by atoms with Crippen LogP contribution in [0.3, 0.4) is 0 Å². The smallest absolute Gasteiger partial charge is 0.341 e. The molecule has 2 rings (SSSR count). The summed E-state index contributed by atoms with van der Waals surface area (Å²) in [4.78, 5) is 26.8. The predicted molar refractivity (Wildman–Crippen MR) is 110 cm³/mol. The summed E-state index contributed by atoms with van der Waals surface area (Å²) in [6.45, 7) is 3.98. The van der Waals surface area contributed by atoms with Gasteiger partial charge in [-0.3, -0.25) is 4.79 Å². The Bertz CT molecular complexity index is 744. The van der Waals surface area contributed by atoms with Crippen molar-refractivity contribution in [2.24, 2.45) is 0 Å². The molecule has 0 saturated carbocycles. The summed E-state index contributed by atoms with van der Waals surface area (Å²) in [7, 11) is 4.04. The van der Waals surface area contributed by atoms with Gasteiger partial charge in [-0.1, -0.05) is 30.3 Å². The van der Waals surface area contributed by atoms with E-state index in [2.05, 4.69) is 15.5 Å². The van der Waals surface area contributed by atoms with E-state index in [-0.39, 0.29) is 19.1 Å². The molecule has 0 aliphatic rings. The molecule has 1 heterocycles. The molecule has 0 atom stereocenters. The van der Waals surface area contributed by atoms with Crippen LogP contribution in [0.1, 0.15) is 23.7 Å². The highest BCUT2D eigenvalue weighted by molar-refractivity contribution is 7.15. The van der Waals surface area contributed by atoms with Gasteiger partial charge in [-0.05, 0) is 46.1 Å². The first-order valence-electron chi connectivity index (χ1n) is 9.02. The van der Waals surface area contributed by atoms with Gasteiger partial charge in [0.25, 0.3) is 0 Å². The Hall–Kier alpha value is -2.22. The minimum atomic E-state index is -0.424. The second kappa shape index (κ2) is 10.8. The maximum Gasteiger partial charge on any atom is 0.341 e. The van der Waals surface area contributed by atoms with Gasteiger partial charge in [0.15, 0.2) is 0 Å². The zero-order chi connectivity index (χ0) is 19.6. The van der Waals surface area contributed by atoms with E-state index in [4.69, 9.17) is 4.74 Å². The maximum absolute atomic E-state index is 12.5. The van der Waals surface area contributed by atoms with Crippen LogP contribution in [0.25, 0.3) is 11.1 Å². The number of rotatable bonds is 10. The van der Waals surface area contributed by atoms with Gasteiger partial charge in [0.2, 0.25) is 5.91 Å². The first-order chi connectivity index (χ1) is 13.0. The van der Waals surface area contributed by atoms with Gasteiger partial charge in [0, 0.05) is 10.9 Å². The lowest BCUT2D eigenvalue weighted by Crippen LogP contribution is -2.30. The standard InChI is InChI=1S/C20H27N3O3S/c1-4-26-20(25)18-16(15-9-6-5-7-10-15)14-27-19(18)22-17(24)13-21-11-8-12-23(2)3/h5-7,9-10,14,21H,4,8,11-13H2,1-3H3,(H,22,24). The van der Waals surface area contributed by atoms with Crippen LogP contribution in [0.2, 0.25) is 0 Å². The molecule has 146 valence electrons. The van der Waals surface area contributed by atoms with Crippen LogP contribution >= 0.6 is 11.3 Å². The van der Waals surface area contributed by atoms with Gasteiger partial charge in [0.05, 0.1) is 13.2 Å². The van der Waals surface area contributed by atoms with Crippen LogP contribution in [0.15, 0.2) is 35.7 Å². The number of hydrogen-bond donors (Lipinski definition) is 2. The van der Waals surface area contributed by atoms with Crippen molar-refractivity contribution in [3.05, 3.63) is 41.3 Å². The summed E-state index contributed by atoms with van der Waals surface area (Å²) in [5, 5.41) is 8.37. The summed E-state index contributed by atoms with van der Waals surface area (Å²) < 4.78 is 5.20. The zero-order valence-corrected chi connectivity index (χ0v) is 16.9. The molecule has 2 N–H and O–H groups in total. The first-order valence-corrected chi connectivity index (χ1v) is 9.90. The summed E-state index contributed by atoms with van der Waals surface area (Å²) in [5.41, 5.74) is 2.10. The fourth-order valence-electron chi connectivity index (χ4n) is 2.58. The van der Waals surface area contributed by atoms with Crippen molar-refractivity contribution in [1.82, 2.24) is 10.2 Å². The van der Waals surface area contributed by atoms with Crippen molar-refractivity contribution in [2.45, 2.75) is 13.3 Å². The van der Waals surface area contributed by atoms with Crippen molar-refractivity contribution in [3.8, 4) is 11.1 Å². The highest BCUT2D eigenvalue weighted by atomic mass is 32.1. The quantitative estimate of drug-likeness (QED) is 0.483. The Morgan fingerprint density at radius 2 is 1.93 bits per heavy atom. The number of nitrogens with one attached hydrogen (secondary N) is 2. The van der Waals surface area contributed by atoms with Gasteiger partial charge in [-0.2, -0.15) is 0 Å². The van der Waals surface area contributed by atoms with Crippen molar-refractivity contribution < 1.29 is 14.3 Å². The summed E-state index contributed by atoms with van der Waals surface area (Å²) in [6, 6.07) is 9.62. The van der Waals surface area contributed by atoms with Gasteiger partial charge >= 0.3 is 5.97 Å². The summed E-state index contributed by atoms with van der Waals surface area (Å²) >= 11 is 1.33. The fourth-order valence-corrected chi connectivity index (χ4v) is 3.55. The number of hydrogen-bond acceptors (Lipinski definition) is 6. The second-order valence-electron chi connectivity index (χ2n) is 6.32. The van der Waals surface area contributed by atoms with E-state index in [0.717, 1.165) is 30.6 Å². The molecular weight excluding hydrogens is 362 g/mol. The Labute approximate surface area is 164 Å². The molecule has 0 fully saturated rings. The molecule has 0 aliphatic heterocycles. The number of carbonyl (C=O) groups is 2. The number of amides is 1.